The topological polar surface area (TPSA) is 109 Å². The fraction of sp³-hybridized carbons (Fsp3) is 0.654. The van der Waals surface area contributed by atoms with Crippen LogP contribution in [0.15, 0.2) is 24.3 Å². The van der Waals surface area contributed by atoms with E-state index in [-0.39, 0.29) is 36.0 Å². The van der Waals surface area contributed by atoms with E-state index in [0.29, 0.717) is 24.5 Å². The van der Waals surface area contributed by atoms with Gasteiger partial charge in [-0.3, -0.25) is 14.4 Å². The van der Waals surface area contributed by atoms with Crippen molar-refractivity contribution in [3.8, 4) is 0 Å². The molecule has 0 spiro atoms. The Morgan fingerprint density at radius 1 is 1.15 bits per heavy atom. The van der Waals surface area contributed by atoms with Crippen molar-refractivity contribution in [3.05, 3.63) is 29.8 Å². The Morgan fingerprint density at radius 2 is 1.85 bits per heavy atom. The molecule has 0 aromatic heterocycles. The van der Waals surface area contributed by atoms with E-state index in [9.17, 15) is 14.4 Å². The van der Waals surface area contributed by atoms with Gasteiger partial charge in [0.25, 0.3) is 5.91 Å². The number of ketones is 1. The van der Waals surface area contributed by atoms with Crippen LogP contribution >= 0.6 is 0 Å². The molecule has 8 nitrogen and oxygen atoms in total. The average molecular weight is 473 g/mol. The van der Waals surface area contributed by atoms with Gasteiger partial charge in [0.15, 0.2) is 5.78 Å². The Morgan fingerprint density at radius 3 is 2.50 bits per heavy atom. The van der Waals surface area contributed by atoms with Gasteiger partial charge in [-0.25, -0.2) is 0 Å². The fourth-order valence-electron chi connectivity index (χ4n) is 4.60. The molecule has 34 heavy (non-hydrogen) atoms. The van der Waals surface area contributed by atoms with Crippen LogP contribution in [0.25, 0.3) is 0 Å². The van der Waals surface area contributed by atoms with Crippen LogP contribution in [-0.4, -0.2) is 62.5 Å². The van der Waals surface area contributed by atoms with Crippen molar-refractivity contribution in [2.24, 2.45) is 17.8 Å². The molecule has 0 unspecified atom stereocenters. The van der Waals surface area contributed by atoms with Crippen molar-refractivity contribution in [2.75, 3.05) is 38.2 Å². The maximum Gasteiger partial charge on any atom is 0.251 e. The first-order chi connectivity index (χ1) is 16.4. The van der Waals surface area contributed by atoms with Gasteiger partial charge in [0.2, 0.25) is 5.91 Å². The molecule has 0 bridgehead atoms. The Kier molecular flexibility index (Phi) is 9.89. The van der Waals surface area contributed by atoms with Crippen molar-refractivity contribution in [1.29, 1.82) is 0 Å². The highest BCUT2D eigenvalue weighted by atomic mass is 16.5. The van der Waals surface area contributed by atoms with Crippen LogP contribution in [-0.2, 0) is 14.3 Å². The monoisotopic (exact) mass is 472 g/mol. The molecule has 0 saturated carbocycles. The van der Waals surface area contributed by atoms with Gasteiger partial charge in [0, 0.05) is 23.7 Å². The van der Waals surface area contributed by atoms with Crippen LogP contribution in [0, 0.1) is 17.8 Å². The molecule has 0 radical (unpaired) electrons. The zero-order valence-electron chi connectivity index (χ0n) is 20.7. The minimum absolute atomic E-state index is 0.0146. The Bertz CT molecular complexity index is 821. The molecule has 188 valence electrons. The molecule has 2 fully saturated rings. The van der Waals surface area contributed by atoms with Gasteiger partial charge < -0.3 is 26.0 Å². The molecule has 4 N–H and O–H groups in total. The first kappa shape index (κ1) is 26.2. The van der Waals surface area contributed by atoms with Crippen molar-refractivity contribution in [2.45, 2.75) is 58.5 Å². The summed E-state index contributed by atoms with van der Waals surface area (Å²) in [5.41, 5.74) is 1.48. The fourth-order valence-corrected chi connectivity index (χ4v) is 4.60. The van der Waals surface area contributed by atoms with Gasteiger partial charge in [0.1, 0.15) is 12.6 Å². The number of ether oxygens (including phenoxy) is 1. The lowest BCUT2D eigenvalue weighted by Gasteiger charge is -2.31. The van der Waals surface area contributed by atoms with Gasteiger partial charge in [-0.1, -0.05) is 20.8 Å². The highest BCUT2D eigenvalue weighted by Gasteiger charge is 2.34. The predicted molar refractivity (Wildman–Crippen MR) is 133 cm³/mol. The lowest BCUT2D eigenvalue weighted by molar-refractivity contribution is -0.138. The zero-order chi connectivity index (χ0) is 24.5. The molecular formula is C26H40N4O4. The standard InChI is InChI=1S/C26H40N4O4/c1-4-19-15-34-16-23(31)24(19)30-26(33)22(13-17(2)3)29-25(32)20-5-7-21(8-6-20)28-14-18-9-11-27-12-10-18/h5-8,17-19,22,24,27-28H,4,9-16H2,1-3H3,(H,29,32)(H,30,33)/t19-,22+,24+/m1/s1. The van der Waals surface area contributed by atoms with Gasteiger partial charge in [-0.15, -0.1) is 0 Å². The second kappa shape index (κ2) is 12.9. The third-order valence-corrected chi connectivity index (χ3v) is 6.75. The number of hydrogen-bond donors (Lipinski definition) is 4. The van der Waals surface area contributed by atoms with E-state index in [4.69, 9.17) is 4.74 Å². The number of anilines is 1. The second-order valence-corrected chi connectivity index (χ2v) is 9.94. The molecule has 2 aliphatic rings. The van der Waals surface area contributed by atoms with Crippen LogP contribution < -0.4 is 21.3 Å². The third-order valence-electron chi connectivity index (χ3n) is 6.75. The first-order valence-corrected chi connectivity index (χ1v) is 12.6. The van der Waals surface area contributed by atoms with E-state index in [1.54, 1.807) is 12.1 Å². The summed E-state index contributed by atoms with van der Waals surface area (Å²) >= 11 is 0. The smallest absolute Gasteiger partial charge is 0.251 e. The highest BCUT2D eigenvalue weighted by molar-refractivity contribution is 5.99. The van der Waals surface area contributed by atoms with Crippen molar-refractivity contribution in [1.82, 2.24) is 16.0 Å². The van der Waals surface area contributed by atoms with Gasteiger partial charge in [-0.05, 0) is 74.9 Å². The normalized spacial score (nSPS) is 22.3. The summed E-state index contributed by atoms with van der Waals surface area (Å²) in [6.07, 6.45) is 3.56. The molecule has 0 aliphatic carbocycles. The number of rotatable bonds is 10. The maximum atomic E-state index is 13.1. The molecule has 2 saturated heterocycles. The Labute approximate surface area is 203 Å². The van der Waals surface area contributed by atoms with Crippen LogP contribution in [0.5, 0.6) is 0 Å². The van der Waals surface area contributed by atoms with E-state index >= 15 is 0 Å². The average Bonchev–Trinajstić information content (AvgIpc) is 2.84. The maximum absolute atomic E-state index is 13.1. The highest BCUT2D eigenvalue weighted by Crippen LogP contribution is 2.18. The molecule has 3 rings (SSSR count). The third kappa shape index (κ3) is 7.53. The van der Waals surface area contributed by atoms with Crippen molar-refractivity contribution in [3.63, 3.8) is 0 Å². The Hall–Kier alpha value is -2.45. The van der Waals surface area contributed by atoms with E-state index in [0.717, 1.165) is 31.7 Å². The molecule has 2 heterocycles. The number of hydrogen-bond acceptors (Lipinski definition) is 6. The molecule has 1 aromatic carbocycles. The molecular weight excluding hydrogens is 432 g/mol. The summed E-state index contributed by atoms with van der Waals surface area (Å²) in [5.74, 6) is 0.0793. The number of benzene rings is 1. The van der Waals surface area contributed by atoms with E-state index in [1.807, 2.05) is 32.9 Å². The molecule has 2 amide bonds. The molecule has 3 atom stereocenters. The Balaban J connectivity index is 1.58. The van der Waals surface area contributed by atoms with Crippen LogP contribution in [0.3, 0.4) is 0 Å². The lowest BCUT2D eigenvalue weighted by Crippen LogP contribution is -2.56. The number of nitrogens with one attached hydrogen (secondary N) is 4. The first-order valence-electron chi connectivity index (χ1n) is 12.6. The summed E-state index contributed by atoms with van der Waals surface area (Å²) in [4.78, 5) is 38.3. The van der Waals surface area contributed by atoms with E-state index in [2.05, 4.69) is 21.3 Å². The summed E-state index contributed by atoms with van der Waals surface area (Å²) in [6, 6.07) is 6.08. The SMILES string of the molecule is CC[C@@H]1COCC(=O)[C@H]1NC(=O)[C@H](CC(C)C)NC(=O)c1ccc(NCC2CCNCC2)cc1. The number of carbonyl (C=O) groups is 3. The zero-order valence-corrected chi connectivity index (χ0v) is 20.7. The quantitative estimate of drug-likeness (QED) is 0.416. The minimum atomic E-state index is -0.710. The lowest BCUT2D eigenvalue weighted by atomic mass is 9.91. The van der Waals surface area contributed by atoms with Crippen molar-refractivity contribution >= 4 is 23.3 Å². The van der Waals surface area contributed by atoms with Crippen LogP contribution in [0.2, 0.25) is 0 Å². The van der Waals surface area contributed by atoms with E-state index in [1.165, 1.54) is 12.8 Å². The second-order valence-electron chi connectivity index (χ2n) is 9.94. The van der Waals surface area contributed by atoms with E-state index < -0.39 is 12.1 Å². The predicted octanol–water partition coefficient (Wildman–Crippen LogP) is 2.35. The van der Waals surface area contributed by atoms with Crippen LogP contribution in [0.4, 0.5) is 5.69 Å². The number of carbonyl (C=O) groups excluding carboxylic acids is 3. The van der Waals surface area contributed by atoms with Crippen molar-refractivity contribution < 1.29 is 19.1 Å². The number of Topliss-reactive ketones (excluding diaryl/α,β-unsaturated/α-hetero) is 1. The number of piperidine rings is 1. The largest absolute Gasteiger partial charge is 0.385 e. The van der Waals surface area contributed by atoms with Gasteiger partial charge in [-0.2, -0.15) is 0 Å². The summed E-state index contributed by atoms with van der Waals surface area (Å²) in [6.45, 7) is 9.51. The molecule has 8 heteroatoms. The van der Waals surface area contributed by atoms with Crippen LogP contribution in [0.1, 0.15) is 56.8 Å². The summed E-state index contributed by atoms with van der Waals surface area (Å²) in [5, 5.41) is 12.6. The van der Waals surface area contributed by atoms with Gasteiger partial charge >= 0.3 is 0 Å². The van der Waals surface area contributed by atoms with Gasteiger partial charge in [0.05, 0.1) is 12.6 Å². The summed E-state index contributed by atoms with van der Waals surface area (Å²) < 4.78 is 5.33. The molecule has 1 aromatic rings. The minimum Gasteiger partial charge on any atom is -0.385 e. The summed E-state index contributed by atoms with van der Waals surface area (Å²) in [7, 11) is 0. The number of amides is 2. The molecule has 2 aliphatic heterocycles.